The third-order valence-electron chi connectivity index (χ3n) is 2.88. The number of carbonyl (C=O) groups is 1. The maximum absolute atomic E-state index is 11.7. The maximum atomic E-state index is 11.7. The summed E-state index contributed by atoms with van der Waals surface area (Å²) in [7, 11) is 0. The lowest BCUT2D eigenvalue weighted by molar-refractivity contribution is -0.121. The Balaban J connectivity index is 0.00000324. The lowest BCUT2D eigenvalue weighted by Gasteiger charge is -2.13. The Hall–Kier alpha value is -1.06. The Kier molecular flexibility index (Phi) is 9.27. The molecule has 1 rings (SSSR count). The largest absolute Gasteiger partial charge is 0.355 e. The van der Waals surface area contributed by atoms with Gasteiger partial charge < -0.3 is 10.6 Å². The molecule has 0 saturated carbocycles. The van der Waals surface area contributed by atoms with Crippen LogP contribution in [0.4, 0.5) is 0 Å². The van der Waals surface area contributed by atoms with Gasteiger partial charge >= 0.3 is 0 Å². The van der Waals surface area contributed by atoms with E-state index >= 15 is 0 Å². The van der Waals surface area contributed by atoms with Gasteiger partial charge in [0.2, 0.25) is 5.91 Å². The predicted molar refractivity (Wildman–Crippen MR) is 82.9 cm³/mol. The van der Waals surface area contributed by atoms with Gasteiger partial charge in [0.05, 0.1) is 0 Å². The van der Waals surface area contributed by atoms with E-state index in [4.69, 9.17) is 0 Å². The van der Waals surface area contributed by atoms with Gasteiger partial charge in [0.1, 0.15) is 0 Å². The van der Waals surface area contributed by atoms with Crippen LogP contribution in [0.1, 0.15) is 31.4 Å². The third-order valence-corrected chi connectivity index (χ3v) is 2.88. The number of halogens is 1. The summed E-state index contributed by atoms with van der Waals surface area (Å²) in [6, 6.07) is 8.64. The van der Waals surface area contributed by atoms with Crippen LogP contribution in [0.5, 0.6) is 0 Å². The van der Waals surface area contributed by atoms with Crippen LogP contribution < -0.4 is 10.6 Å². The molecule has 0 aliphatic rings. The molecule has 0 fully saturated rings. The van der Waals surface area contributed by atoms with Crippen molar-refractivity contribution in [2.24, 2.45) is 0 Å². The fraction of sp³-hybridized carbons (Fsp3) is 0.533. The van der Waals surface area contributed by atoms with Crippen LogP contribution in [0.15, 0.2) is 24.3 Å². The second kappa shape index (κ2) is 9.82. The first-order chi connectivity index (χ1) is 8.61. The summed E-state index contributed by atoms with van der Waals surface area (Å²) in [5, 5.41) is 6.22. The molecule has 0 saturated heterocycles. The summed E-state index contributed by atoms with van der Waals surface area (Å²) in [4.78, 5) is 11.7. The molecule has 4 heteroatoms. The molecular formula is C15H25ClN2O. The van der Waals surface area contributed by atoms with E-state index in [2.05, 4.69) is 49.6 Å². The van der Waals surface area contributed by atoms with Crippen LogP contribution in [-0.4, -0.2) is 25.0 Å². The summed E-state index contributed by atoms with van der Waals surface area (Å²) in [6.07, 6.45) is 1.37. The minimum absolute atomic E-state index is 0. The number of likely N-dealkylation sites (N-methyl/N-ethyl adjacent to an activating group) is 1. The van der Waals surface area contributed by atoms with Crippen LogP contribution in [-0.2, 0) is 11.2 Å². The SMILES string of the molecule is CCN[C@H](C)CNC(=O)CCc1cccc(C)c1.Cl. The number of hydrogen-bond donors (Lipinski definition) is 2. The zero-order chi connectivity index (χ0) is 13.4. The van der Waals surface area contributed by atoms with E-state index in [0.29, 0.717) is 19.0 Å². The van der Waals surface area contributed by atoms with E-state index in [0.717, 1.165) is 13.0 Å². The molecule has 1 atom stereocenters. The molecule has 1 amide bonds. The average molecular weight is 285 g/mol. The highest BCUT2D eigenvalue weighted by Crippen LogP contribution is 2.06. The molecule has 0 heterocycles. The number of nitrogens with one attached hydrogen (secondary N) is 2. The molecule has 0 unspecified atom stereocenters. The van der Waals surface area contributed by atoms with Crippen molar-refractivity contribution in [2.45, 2.75) is 39.7 Å². The second-order valence-corrected chi connectivity index (χ2v) is 4.75. The highest BCUT2D eigenvalue weighted by molar-refractivity contribution is 5.85. The van der Waals surface area contributed by atoms with Crippen molar-refractivity contribution in [3.63, 3.8) is 0 Å². The predicted octanol–water partition coefficient (Wildman–Crippen LogP) is 2.46. The van der Waals surface area contributed by atoms with Gasteiger partial charge in [0.25, 0.3) is 0 Å². The van der Waals surface area contributed by atoms with Crippen LogP contribution >= 0.6 is 12.4 Å². The fourth-order valence-corrected chi connectivity index (χ4v) is 1.90. The van der Waals surface area contributed by atoms with Crippen molar-refractivity contribution >= 4 is 18.3 Å². The molecule has 0 aliphatic carbocycles. The first-order valence-corrected chi connectivity index (χ1v) is 6.67. The van der Waals surface area contributed by atoms with Gasteiger partial charge in [-0.25, -0.2) is 0 Å². The molecule has 0 bridgehead atoms. The van der Waals surface area contributed by atoms with Crippen LogP contribution in [0.2, 0.25) is 0 Å². The number of rotatable bonds is 7. The van der Waals surface area contributed by atoms with Gasteiger partial charge in [0.15, 0.2) is 0 Å². The summed E-state index contributed by atoms with van der Waals surface area (Å²) < 4.78 is 0. The van der Waals surface area contributed by atoms with Gasteiger partial charge in [-0.2, -0.15) is 0 Å². The maximum Gasteiger partial charge on any atom is 0.220 e. The van der Waals surface area contributed by atoms with Gasteiger partial charge in [0, 0.05) is 19.0 Å². The molecule has 0 spiro atoms. The van der Waals surface area contributed by atoms with Gasteiger partial charge in [-0.05, 0) is 32.4 Å². The smallest absolute Gasteiger partial charge is 0.220 e. The van der Waals surface area contributed by atoms with Crippen molar-refractivity contribution in [3.8, 4) is 0 Å². The molecular weight excluding hydrogens is 260 g/mol. The first kappa shape index (κ1) is 17.9. The molecule has 0 aromatic heterocycles. The Labute approximate surface area is 122 Å². The molecule has 0 aliphatic heterocycles. The molecule has 3 nitrogen and oxygen atoms in total. The van der Waals surface area contributed by atoms with E-state index in [-0.39, 0.29) is 18.3 Å². The standard InChI is InChI=1S/C15H24N2O.ClH/c1-4-16-13(3)11-17-15(18)9-8-14-7-5-6-12(2)10-14;/h5-7,10,13,16H,4,8-9,11H2,1-3H3,(H,17,18);1H/t13-;/m1./s1. The summed E-state index contributed by atoms with van der Waals surface area (Å²) >= 11 is 0. The van der Waals surface area contributed by atoms with E-state index in [1.165, 1.54) is 11.1 Å². The number of benzene rings is 1. The minimum Gasteiger partial charge on any atom is -0.355 e. The highest BCUT2D eigenvalue weighted by Gasteiger charge is 2.04. The Bertz CT molecular complexity index is 382. The Morgan fingerprint density at radius 3 is 2.74 bits per heavy atom. The summed E-state index contributed by atoms with van der Waals surface area (Å²) in [6.45, 7) is 7.84. The van der Waals surface area contributed by atoms with Gasteiger partial charge in [-0.15, -0.1) is 12.4 Å². The number of hydrogen-bond acceptors (Lipinski definition) is 2. The van der Waals surface area contributed by atoms with Crippen molar-refractivity contribution in [2.75, 3.05) is 13.1 Å². The Morgan fingerprint density at radius 1 is 1.37 bits per heavy atom. The van der Waals surface area contributed by atoms with E-state index in [1.54, 1.807) is 0 Å². The minimum atomic E-state index is 0. The highest BCUT2D eigenvalue weighted by atomic mass is 35.5. The van der Waals surface area contributed by atoms with Gasteiger partial charge in [-0.3, -0.25) is 4.79 Å². The van der Waals surface area contributed by atoms with E-state index < -0.39 is 0 Å². The molecule has 108 valence electrons. The zero-order valence-corrected chi connectivity index (χ0v) is 12.8. The second-order valence-electron chi connectivity index (χ2n) is 4.75. The molecule has 19 heavy (non-hydrogen) atoms. The van der Waals surface area contributed by atoms with Crippen LogP contribution in [0, 0.1) is 6.92 Å². The normalized spacial score (nSPS) is 11.5. The monoisotopic (exact) mass is 284 g/mol. The quantitative estimate of drug-likeness (QED) is 0.808. The van der Waals surface area contributed by atoms with E-state index in [9.17, 15) is 4.79 Å². The molecule has 2 N–H and O–H groups in total. The number of amides is 1. The third kappa shape index (κ3) is 7.85. The van der Waals surface area contributed by atoms with Crippen LogP contribution in [0.3, 0.4) is 0 Å². The number of aryl methyl sites for hydroxylation is 2. The zero-order valence-electron chi connectivity index (χ0n) is 12.0. The first-order valence-electron chi connectivity index (χ1n) is 6.67. The average Bonchev–Trinajstić information content (AvgIpc) is 2.34. The van der Waals surface area contributed by atoms with E-state index in [1.807, 2.05) is 6.07 Å². The molecule has 1 aromatic carbocycles. The number of carbonyl (C=O) groups excluding carboxylic acids is 1. The van der Waals surface area contributed by atoms with Crippen molar-refractivity contribution in [1.29, 1.82) is 0 Å². The van der Waals surface area contributed by atoms with Crippen LogP contribution in [0.25, 0.3) is 0 Å². The summed E-state index contributed by atoms with van der Waals surface area (Å²) in [5.41, 5.74) is 2.47. The lowest BCUT2D eigenvalue weighted by atomic mass is 10.1. The van der Waals surface area contributed by atoms with Gasteiger partial charge in [-0.1, -0.05) is 36.8 Å². The van der Waals surface area contributed by atoms with Crippen molar-refractivity contribution in [3.05, 3.63) is 35.4 Å². The fourth-order valence-electron chi connectivity index (χ4n) is 1.90. The Morgan fingerprint density at radius 2 is 2.11 bits per heavy atom. The van der Waals surface area contributed by atoms with Crippen molar-refractivity contribution < 1.29 is 4.79 Å². The van der Waals surface area contributed by atoms with Crippen molar-refractivity contribution in [1.82, 2.24) is 10.6 Å². The molecule has 1 aromatic rings. The summed E-state index contributed by atoms with van der Waals surface area (Å²) in [5.74, 6) is 0.126. The molecule has 0 radical (unpaired) electrons. The topological polar surface area (TPSA) is 41.1 Å². The lowest BCUT2D eigenvalue weighted by Crippen LogP contribution is -2.38.